The fourth-order valence-electron chi connectivity index (χ4n) is 2.12. The summed E-state index contributed by atoms with van der Waals surface area (Å²) in [5.74, 6) is -1.14. The van der Waals surface area contributed by atoms with Crippen molar-refractivity contribution in [1.82, 2.24) is 4.72 Å². The molecule has 2 N–H and O–H groups in total. The van der Waals surface area contributed by atoms with Gasteiger partial charge in [-0.25, -0.2) is 17.9 Å². The maximum atomic E-state index is 12.4. The van der Waals surface area contributed by atoms with E-state index in [9.17, 15) is 13.2 Å². The van der Waals surface area contributed by atoms with Gasteiger partial charge in [-0.05, 0) is 44.9 Å². The zero-order valence-corrected chi connectivity index (χ0v) is 13.0. The predicted molar refractivity (Wildman–Crippen MR) is 77.4 cm³/mol. The Morgan fingerprint density at radius 3 is 2.45 bits per heavy atom. The molecule has 1 aromatic carbocycles. The number of aromatic carboxylic acids is 1. The molecule has 0 amide bonds. The number of nitrogens with one attached hydrogen (secondary N) is 1. The number of carboxylic acids is 1. The SMILES string of the molecule is CCCC(C)(C)NS(=O)(=O)c1cc(C(=O)O)ccc1C. The highest BCUT2D eigenvalue weighted by molar-refractivity contribution is 7.89. The average Bonchev–Trinajstić information content (AvgIpc) is 2.26. The van der Waals surface area contributed by atoms with Crippen molar-refractivity contribution in [2.24, 2.45) is 0 Å². The highest BCUT2D eigenvalue weighted by Crippen LogP contribution is 2.21. The van der Waals surface area contributed by atoms with Gasteiger partial charge in [-0.15, -0.1) is 0 Å². The van der Waals surface area contributed by atoms with E-state index in [1.807, 2.05) is 20.8 Å². The quantitative estimate of drug-likeness (QED) is 0.845. The summed E-state index contributed by atoms with van der Waals surface area (Å²) in [5.41, 5.74) is -0.0849. The molecule has 0 unspecified atom stereocenters. The van der Waals surface area contributed by atoms with Gasteiger partial charge in [0.15, 0.2) is 0 Å². The minimum absolute atomic E-state index is 0.0154. The molecule has 0 aliphatic carbocycles. The molecule has 0 atom stereocenters. The van der Waals surface area contributed by atoms with E-state index in [2.05, 4.69) is 4.72 Å². The van der Waals surface area contributed by atoms with E-state index in [1.54, 1.807) is 6.92 Å². The summed E-state index contributed by atoms with van der Waals surface area (Å²) in [5, 5.41) is 8.97. The van der Waals surface area contributed by atoms with Crippen molar-refractivity contribution in [3.8, 4) is 0 Å². The monoisotopic (exact) mass is 299 g/mol. The number of hydrogen-bond acceptors (Lipinski definition) is 3. The molecule has 0 heterocycles. The van der Waals surface area contributed by atoms with Crippen LogP contribution in [0.25, 0.3) is 0 Å². The first kappa shape index (κ1) is 16.7. The molecule has 20 heavy (non-hydrogen) atoms. The third kappa shape index (κ3) is 4.05. The van der Waals surface area contributed by atoms with E-state index in [4.69, 9.17) is 5.11 Å². The molecule has 0 radical (unpaired) electrons. The van der Waals surface area contributed by atoms with Gasteiger partial charge in [0.2, 0.25) is 10.0 Å². The number of carboxylic acid groups (broad SMARTS) is 1. The summed E-state index contributed by atoms with van der Waals surface area (Å²) in [4.78, 5) is 11.0. The summed E-state index contributed by atoms with van der Waals surface area (Å²) in [6.45, 7) is 7.24. The van der Waals surface area contributed by atoms with Gasteiger partial charge in [0.05, 0.1) is 10.5 Å². The van der Waals surface area contributed by atoms with E-state index >= 15 is 0 Å². The van der Waals surface area contributed by atoms with Crippen LogP contribution in [0.1, 0.15) is 49.5 Å². The topological polar surface area (TPSA) is 83.5 Å². The summed E-state index contributed by atoms with van der Waals surface area (Å²) >= 11 is 0. The van der Waals surface area contributed by atoms with Gasteiger partial charge < -0.3 is 5.11 Å². The number of hydrogen-bond donors (Lipinski definition) is 2. The van der Waals surface area contributed by atoms with Crippen LogP contribution in [0.3, 0.4) is 0 Å². The first-order valence-electron chi connectivity index (χ1n) is 6.47. The fourth-order valence-corrected chi connectivity index (χ4v) is 3.83. The molecule has 6 heteroatoms. The molecule has 1 aromatic rings. The Morgan fingerprint density at radius 2 is 1.95 bits per heavy atom. The maximum absolute atomic E-state index is 12.4. The van der Waals surface area contributed by atoms with Crippen molar-refractivity contribution in [3.05, 3.63) is 29.3 Å². The smallest absolute Gasteiger partial charge is 0.335 e. The predicted octanol–water partition coefficient (Wildman–Crippen LogP) is 2.55. The van der Waals surface area contributed by atoms with Crippen LogP contribution in [0.5, 0.6) is 0 Å². The molecule has 0 spiro atoms. The minimum atomic E-state index is -3.74. The van der Waals surface area contributed by atoms with Crippen molar-refractivity contribution in [2.75, 3.05) is 0 Å². The molecule has 5 nitrogen and oxygen atoms in total. The van der Waals surface area contributed by atoms with Gasteiger partial charge in [0, 0.05) is 5.54 Å². The second kappa shape index (κ2) is 5.93. The van der Waals surface area contributed by atoms with Crippen LogP contribution in [0.4, 0.5) is 0 Å². The van der Waals surface area contributed by atoms with Crippen LogP contribution in [0.2, 0.25) is 0 Å². The second-order valence-electron chi connectivity index (χ2n) is 5.52. The maximum Gasteiger partial charge on any atom is 0.335 e. The minimum Gasteiger partial charge on any atom is -0.478 e. The summed E-state index contributed by atoms with van der Waals surface area (Å²) in [7, 11) is -3.74. The number of rotatable bonds is 6. The van der Waals surface area contributed by atoms with Crippen LogP contribution in [-0.2, 0) is 10.0 Å². The van der Waals surface area contributed by atoms with Crippen LogP contribution in [-0.4, -0.2) is 25.0 Å². The van der Waals surface area contributed by atoms with E-state index in [-0.39, 0.29) is 10.5 Å². The van der Waals surface area contributed by atoms with Crippen LogP contribution in [0.15, 0.2) is 23.1 Å². The lowest BCUT2D eigenvalue weighted by molar-refractivity contribution is 0.0696. The van der Waals surface area contributed by atoms with E-state index in [1.165, 1.54) is 18.2 Å². The first-order chi connectivity index (χ1) is 9.09. The van der Waals surface area contributed by atoms with Crippen LogP contribution < -0.4 is 4.72 Å². The Labute approximate surface area is 120 Å². The first-order valence-corrected chi connectivity index (χ1v) is 7.95. The Hall–Kier alpha value is -1.40. The van der Waals surface area contributed by atoms with Gasteiger partial charge in [-0.2, -0.15) is 0 Å². The van der Waals surface area contributed by atoms with Crippen LogP contribution in [0, 0.1) is 6.92 Å². The number of aryl methyl sites for hydroxylation is 1. The van der Waals surface area contributed by atoms with E-state index < -0.39 is 21.5 Å². The molecule has 0 aliphatic heterocycles. The van der Waals surface area contributed by atoms with E-state index in [0.29, 0.717) is 12.0 Å². The van der Waals surface area contributed by atoms with Crippen molar-refractivity contribution < 1.29 is 18.3 Å². The van der Waals surface area contributed by atoms with Gasteiger partial charge in [0.25, 0.3) is 0 Å². The van der Waals surface area contributed by atoms with Gasteiger partial charge >= 0.3 is 5.97 Å². The summed E-state index contributed by atoms with van der Waals surface area (Å²) in [6.07, 6.45) is 1.55. The molecule has 112 valence electrons. The molecular formula is C14H21NO4S. The van der Waals surface area contributed by atoms with Crippen LogP contribution >= 0.6 is 0 Å². The average molecular weight is 299 g/mol. The van der Waals surface area contributed by atoms with Crippen molar-refractivity contribution in [1.29, 1.82) is 0 Å². The molecule has 0 saturated carbocycles. The van der Waals surface area contributed by atoms with Gasteiger partial charge in [-0.3, -0.25) is 0 Å². The molecular weight excluding hydrogens is 278 g/mol. The summed E-state index contributed by atoms with van der Waals surface area (Å²) < 4.78 is 27.5. The molecule has 0 fully saturated rings. The highest BCUT2D eigenvalue weighted by Gasteiger charge is 2.27. The number of benzene rings is 1. The molecule has 1 rings (SSSR count). The van der Waals surface area contributed by atoms with Crippen molar-refractivity contribution in [2.45, 2.75) is 51.0 Å². The number of sulfonamides is 1. The normalized spacial score (nSPS) is 12.4. The lowest BCUT2D eigenvalue weighted by atomic mass is 10.0. The Balaban J connectivity index is 3.22. The molecule has 0 bridgehead atoms. The standard InChI is InChI=1S/C14H21NO4S/c1-5-8-14(3,4)15-20(18,19)12-9-11(13(16)17)7-6-10(12)2/h6-7,9,15H,5,8H2,1-4H3,(H,16,17). The molecule has 0 saturated heterocycles. The lowest BCUT2D eigenvalue weighted by Gasteiger charge is -2.26. The fraction of sp³-hybridized carbons (Fsp3) is 0.500. The summed E-state index contributed by atoms with van der Waals surface area (Å²) in [6, 6.07) is 4.10. The lowest BCUT2D eigenvalue weighted by Crippen LogP contribution is -2.43. The molecule has 0 aliphatic rings. The zero-order valence-electron chi connectivity index (χ0n) is 12.2. The second-order valence-corrected chi connectivity index (χ2v) is 7.18. The van der Waals surface area contributed by atoms with Crippen molar-refractivity contribution in [3.63, 3.8) is 0 Å². The third-order valence-electron chi connectivity index (χ3n) is 3.01. The van der Waals surface area contributed by atoms with Crippen molar-refractivity contribution >= 4 is 16.0 Å². The van der Waals surface area contributed by atoms with E-state index in [0.717, 1.165) is 6.42 Å². The van der Waals surface area contributed by atoms with Gasteiger partial charge in [0.1, 0.15) is 0 Å². The Kier molecular flexibility index (Phi) is 4.94. The van der Waals surface area contributed by atoms with Gasteiger partial charge in [-0.1, -0.05) is 19.4 Å². The Morgan fingerprint density at radius 1 is 1.35 bits per heavy atom. The third-order valence-corrected chi connectivity index (χ3v) is 4.85. The largest absolute Gasteiger partial charge is 0.478 e. The number of carbonyl (C=O) groups is 1. The highest BCUT2D eigenvalue weighted by atomic mass is 32.2. The Bertz CT molecular complexity index is 606. The zero-order chi connectivity index (χ0) is 15.6. The molecule has 0 aromatic heterocycles.